The van der Waals surface area contributed by atoms with Crippen LogP contribution in [-0.4, -0.2) is 39.8 Å². The van der Waals surface area contributed by atoms with E-state index in [1.54, 1.807) is 65.1 Å². The van der Waals surface area contributed by atoms with E-state index in [-0.39, 0.29) is 11.5 Å². The summed E-state index contributed by atoms with van der Waals surface area (Å²) in [5, 5.41) is 6.16. The van der Waals surface area contributed by atoms with Crippen molar-refractivity contribution in [2.45, 2.75) is 45.8 Å². The van der Waals surface area contributed by atoms with E-state index >= 15 is 0 Å². The normalized spacial score (nSPS) is 11.7. The highest BCUT2D eigenvalue weighted by Crippen LogP contribution is 2.41. The molecule has 0 bridgehead atoms. The van der Waals surface area contributed by atoms with Gasteiger partial charge in [-0.2, -0.15) is 0 Å². The quantitative estimate of drug-likeness (QED) is 0.263. The van der Waals surface area contributed by atoms with Crippen molar-refractivity contribution in [3.63, 3.8) is 0 Å². The van der Waals surface area contributed by atoms with Gasteiger partial charge in [-0.15, -0.1) is 0 Å². The van der Waals surface area contributed by atoms with Gasteiger partial charge in [-0.1, -0.05) is 0 Å². The van der Waals surface area contributed by atoms with E-state index in [1.165, 1.54) is 13.2 Å². The number of pyridine rings is 1. The van der Waals surface area contributed by atoms with E-state index in [9.17, 15) is 18.4 Å². The summed E-state index contributed by atoms with van der Waals surface area (Å²) < 4.78 is 46.5. The molecule has 0 atom stereocenters. The molecule has 0 unspecified atom stereocenters. The Labute approximate surface area is 236 Å². The van der Waals surface area contributed by atoms with Crippen molar-refractivity contribution >= 4 is 28.6 Å². The van der Waals surface area contributed by atoms with Gasteiger partial charge in [0.2, 0.25) is 11.8 Å². The fraction of sp³-hybridized carbons (Fsp3) is 0.300. The van der Waals surface area contributed by atoms with E-state index < -0.39 is 34.8 Å². The summed E-state index contributed by atoms with van der Waals surface area (Å²) in [7, 11) is 3.34. The lowest BCUT2D eigenvalue weighted by atomic mass is 10.0. The van der Waals surface area contributed by atoms with Crippen molar-refractivity contribution in [2.24, 2.45) is 7.05 Å². The maximum Gasteiger partial charge on any atom is 0.408 e. The molecule has 9 nitrogen and oxygen atoms in total. The molecule has 2 N–H and O–H groups in total. The fourth-order valence-electron chi connectivity index (χ4n) is 4.17. The van der Waals surface area contributed by atoms with E-state index in [2.05, 4.69) is 15.6 Å². The van der Waals surface area contributed by atoms with Crippen molar-refractivity contribution in [2.75, 3.05) is 12.4 Å². The minimum absolute atomic E-state index is 0.174. The smallest absolute Gasteiger partial charge is 0.408 e. The first kappa shape index (κ1) is 29.3. The second-order valence-electron chi connectivity index (χ2n) is 11.0. The molecule has 2 aromatic carbocycles. The molecule has 2 heterocycles. The monoisotopic (exact) mass is 566 g/mol. The number of ether oxygens (including phenoxy) is 3. The van der Waals surface area contributed by atoms with Crippen molar-refractivity contribution in [1.82, 2.24) is 14.9 Å². The number of hydrogen-bond acceptors (Lipinski definition) is 6. The molecule has 0 radical (unpaired) electrons. The molecule has 0 saturated carbocycles. The molecular weight excluding hydrogens is 534 g/mol. The maximum absolute atomic E-state index is 14.5. The van der Waals surface area contributed by atoms with Gasteiger partial charge >= 0.3 is 6.09 Å². The second-order valence-corrected chi connectivity index (χ2v) is 11.0. The Morgan fingerprint density at radius 1 is 0.951 bits per heavy atom. The van der Waals surface area contributed by atoms with Crippen molar-refractivity contribution in [1.29, 1.82) is 0 Å². The number of fused-ring (bicyclic) bond motifs is 1. The van der Waals surface area contributed by atoms with Crippen LogP contribution in [-0.2, 0) is 16.6 Å². The van der Waals surface area contributed by atoms with E-state index in [4.69, 9.17) is 14.2 Å². The van der Waals surface area contributed by atoms with E-state index in [0.717, 1.165) is 17.5 Å². The number of anilines is 1. The van der Waals surface area contributed by atoms with Crippen LogP contribution < -0.4 is 20.1 Å². The number of hydrogen-bond donors (Lipinski definition) is 2. The average molecular weight is 567 g/mol. The topological polar surface area (TPSA) is 104 Å². The Hall–Kier alpha value is -4.67. The Bertz CT molecular complexity index is 1630. The molecule has 0 aliphatic rings. The zero-order chi connectivity index (χ0) is 30.1. The van der Waals surface area contributed by atoms with E-state index in [1.807, 2.05) is 17.8 Å². The highest BCUT2D eigenvalue weighted by atomic mass is 19.1. The fourth-order valence-corrected chi connectivity index (χ4v) is 4.17. The lowest BCUT2D eigenvalue weighted by molar-refractivity contribution is -0.121. The van der Waals surface area contributed by atoms with Crippen LogP contribution in [0.1, 0.15) is 34.6 Å². The Morgan fingerprint density at radius 2 is 1.66 bits per heavy atom. The van der Waals surface area contributed by atoms with Gasteiger partial charge in [0, 0.05) is 47.7 Å². The molecule has 0 aliphatic heterocycles. The number of nitrogens with zero attached hydrogens (tertiary/aromatic N) is 2. The molecule has 11 heteroatoms. The Kier molecular flexibility index (Phi) is 7.92. The Balaban J connectivity index is 1.75. The lowest BCUT2D eigenvalue weighted by Crippen LogP contribution is -2.53. The molecule has 0 spiro atoms. The van der Waals surface area contributed by atoms with Gasteiger partial charge in [0.1, 0.15) is 28.2 Å². The predicted molar refractivity (Wildman–Crippen MR) is 151 cm³/mol. The van der Waals surface area contributed by atoms with Crippen LogP contribution >= 0.6 is 0 Å². The van der Waals surface area contributed by atoms with Crippen LogP contribution in [0.5, 0.6) is 17.4 Å². The van der Waals surface area contributed by atoms with Crippen molar-refractivity contribution in [3.05, 3.63) is 66.5 Å². The summed E-state index contributed by atoms with van der Waals surface area (Å²) in [4.78, 5) is 29.8. The van der Waals surface area contributed by atoms with Crippen LogP contribution in [0.15, 0.2) is 54.9 Å². The van der Waals surface area contributed by atoms with Gasteiger partial charge in [0.25, 0.3) is 0 Å². The van der Waals surface area contributed by atoms with Crippen molar-refractivity contribution in [3.8, 4) is 28.5 Å². The number of halogens is 2. The number of rotatable bonds is 7. The number of methoxy groups -OCH3 is 1. The van der Waals surface area contributed by atoms with E-state index in [0.29, 0.717) is 28.2 Å². The average Bonchev–Trinajstić information content (AvgIpc) is 3.21. The third-order valence-corrected chi connectivity index (χ3v) is 6.07. The first-order valence-corrected chi connectivity index (χ1v) is 12.8. The summed E-state index contributed by atoms with van der Waals surface area (Å²) in [6.07, 6.45) is 2.70. The maximum atomic E-state index is 14.5. The zero-order valence-electron chi connectivity index (χ0n) is 23.9. The highest BCUT2D eigenvalue weighted by molar-refractivity contribution is 6.02. The number of carbonyl (C=O) groups is 2. The van der Waals surface area contributed by atoms with Crippen molar-refractivity contribution < 1.29 is 32.6 Å². The second kappa shape index (κ2) is 11.1. The number of alkyl carbamates (subject to hydrolysis) is 1. The summed E-state index contributed by atoms with van der Waals surface area (Å²) in [6, 6.07) is 9.65. The SMILES string of the molecule is COc1nccc2c(-c3cc(NC(=O)C(C)(C)NC(=O)OC(C)(C)C)ccc3Oc3ccc(F)cc3F)cn(C)c12. The number of aryl methyl sites for hydroxylation is 1. The largest absolute Gasteiger partial charge is 0.479 e. The van der Waals surface area contributed by atoms with Crippen LogP contribution in [0.3, 0.4) is 0 Å². The summed E-state index contributed by atoms with van der Waals surface area (Å²) in [5.41, 5.74) is 0.219. The molecule has 41 heavy (non-hydrogen) atoms. The summed E-state index contributed by atoms with van der Waals surface area (Å²) in [6.45, 7) is 8.27. The molecule has 2 aromatic heterocycles. The first-order chi connectivity index (χ1) is 19.2. The Morgan fingerprint density at radius 3 is 2.32 bits per heavy atom. The third-order valence-electron chi connectivity index (χ3n) is 6.07. The predicted octanol–water partition coefficient (Wildman–Crippen LogP) is 6.56. The molecule has 4 rings (SSSR count). The van der Waals surface area contributed by atoms with Gasteiger partial charge < -0.3 is 29.4 Å². The molecular formula is C30H32F2N4O5. The number of benzene rings is 2. The van der Waals surface area contributed by atoms with Crippen LogP contribution in [0, 0.1) is 11.6 Å². The molecule has 0 aliphatic carbocycles. The number of aromatic nitrogens is 2. The standard InChI is InChI=1S/C30H32F2N4O5/c1-29(2,3)41-28(38)35-30(4,5)27(37)34-18-9-11-23(40-24-10-8-17(31)14-22(24)32)20(15-18)21-16-36(6)25-19(21)12-13-33-26(25)39-7/h8-16H,1-7H3,(H,34,37)(H,35,38). The first-order valence-electron chi connectivity index (χ1n) is 12.8. The van der Waals surface area contributed by atoms with Gasteiger partial charge in [-0.25, -0.2) is 18.6 Å². The van der Waals surface area contributed by atoms with Gasteiger partial charge in [-0.05, 0) is 71.0 Å². The minimum Gasteiger partial charge on any atom is -0.479 e. The number of carbonyl (C=O) groups excluding carboxylic acids is 2. The van der Waals surface area contributed by atoms with Gasteiger partial charge in [0.15, 0.2) is 11.6 Å². The van der Waals surface area contributed by atoms with Crippen LogP contribution in [0.2, 0.25) is 0 Å². The molecule has 4 aromatic rings. The lowest BCUT2D eigenvalue weighted by Gasteiger charge is -2.27. The third kappa shape index (κ3) is 6.56. The van der Waals surface area contributed by atoms with Gasteiger partial charge in [-0.3, -0.25) is 4.79 Å². The number of amides is 2. The highest BCUT2D eigenvalue weighted by Gasteiger charge is 2.32. The summed E-state index contributed by atoms with van der Waals surface area (Å²) in [5.74, 6) is -1.62. The van der Waals surface area contributed by atoms with Gasteiger partial charge in [0.05, 0.1) is 7.11 Å². The zero-order valence-corrected chi connectivity index (χ0v) is 23.9. The molecule has 0 fully saturated rings. The minimum atomic E-state index is -1.33. The summed E-state index contributed by atoms with van der Waals surface area (Å²) >= 11 is 0. The number of nitrogens with one attached hydrogen (secondary N) is 2. The molecule has 2 amide bonds. The molecule has 216 valence electrons. The van der Waals surface area contributed by atoms with Crippen LogP contribution in [0.4, 0.5) is 19.3 Å². The van der Waals surface area contributed by atoms with Crippen LogP contribution in [0.25, 0.3) is 22.0 Å². The molecule has 0 saturated heterocycles.